The number of hydrogen-bond donors (Lipinski definition) is 0. The summed E-state index contributed by atoms with van der Waals surface area (Å²) in [4.78, 5) is 8.59. The SMILES string of the molecule is COc1ccc(Cl)c(Oc2c(CCl)ncnc2N(CC(C)C)S(=O)(=O)c2ccccc2)c1. The van der Waals surface area contributed by atoms with Gasteiger partial charge in [0.15, 0.2) is 11.6 Å². The van der Waals surface area contributed by atoms with E-state index in [4.69, 9.17) is 32.7 Å². The molecule has 0 saturated carbocycles. The van der Waals surface area contributed by atoms with E-state index in [1.807, 2.05) is 13.8 Å². The quantitative estimate of drug-likeness (QED) is 0.363. The Bertz CT molecular complexity index is 1180. The predicted octanol–water partition coefficient (Wildman–Crippen LogP) is 5.52. The molecule has 0 aliphatic carbocycles. The third-order valence-electron chi connectivity index (χ3n) is 4.43. The van der Waals surface area contributed by atoms with E-state index in [0.29, 0.717) is 16.5 Å². The molecule has 0 radical (unpaired) electrons. The number of halogens is 2. The standard InChI is InChI=1S/C22H23Cl2N3O4S/c1-15(2)13-27(32(28,29)17-7-5-4-6-8-17)22-21(19(12-23)25-14-26-22)31-20-11-16(30-3)9-10-18(20)24/h4-11,14-15H,12-13H2,1-3H3. The first kappa shape index (κ1) is 24.1. The highest BCUT2D eigenvalue weighted by Crippen LogP contribution is 2.40. The molecule has 0 fully saturated rings. The van der Waals surface area contributed by atoms with Crippen molar-refractivity contribution in [2.24, 2.45) is 5.92 Å². The molecule has 3 aromatic rings. The third kappa shape index (κ3) is 5.26. The zero-order valence-corrected chi connectivity index (χ0v) is 20.2. The van der Waals surface area contributed by atoms with Crippen LogP contribution in [0.1, 0.15) is 19.5 Å². The molecular formula is C22H23Cl2N3O4S. The number of alkyl halides is 1. The Kier molecular flexibility index (Phi) is 7.82. The number of ether oxygens (including phenoxy) is 2. The van der Waals surface area contributed by atoms with Gasteiger partial charge in [0, 0.05) is 12.6 Å². The van der Waals surface area contributed by atoms with Gasteiger partial charge in [-0.1, -0.05) is 43.6 Å². The average molecular weight is 496 g/mol. The first-order valence-electron chi connectivity index (χ1n) is 9.77. The molecule has 32 heavy (non-hydrogen) atoms. The molecule has 0 aliphatic rings. The Labute approximate surface area is 198 Å². The number of hydrogen-bond acceptors (Lipinski definition) is 6. The maximum atomic E-state index is 13.6. The van der Waals surface area contributed by atoms with E-state index < -0.39 is 10.0 Å². The highest BCUT2D eigenvalue weighted by Gasteiger charge is 2.31. The Morgan fingerprint density at radius 2 is 1.81 bits per heavy atom. The Hall–Kier alpha value is -2.55. The maximum Gasteiger partial charge on any atom is 0.265 e. The molecule has 0 unspecified atom stereocenters. The van der Waals surface area contributed by atoms with Gasteiger partial charge in [-0.25, -0.2) is 22.7 Å². The van der Waals surface area contributed by atoms with Crippen LogP contribution in [-0.2, 0) is 15.9 Å². The van der Waals surface area contributed by atoms with Crippen molar-refractivity contribution in [2.75, 3.05) is 18.0 Å². The number of sulfonamides is 1. The van der Waals surface area contributed by atoms with Crippen LogP contribution in [0.4, 0.5) is 5.82 Å². The van der Waals surface area contributed by atoms with Crippen LogP contribution in [-0.4, -0.2) is 32.0 Å². The molecule has 2 aromatic carbocycles. The largest absolute Gasteiger partial charge is 0.497 e. The fraction of sp³-hybridized carbons (Fsp3) is 0.273. The van der Waals surface area contributed by atoms with Crippen LogP contribution in [0, 0.1) is 5.92 Å². The molecule has 10 heteroatoms. The Morgan fingerprint density at radius 1 is 1.09 bits per heavy atom. The van der Waals surface area contributed by atoms with E-state index in [1.165, 1.54) is 29.9 Å². The van der Waals surface area contributed by atoms with Crippen LogP contribution < -0.4 is 13.8 Å². The predicted molar refractivity (Wildman–Crippen MR) is 125 cm³/mol. The first-order chi connectivity index (χ1) is 15.3. The number of anilines is 1. The summed E-state index contributed by atoms with van der Waals surface area (Å²) in [5, 5.41) is 0.308. The van der Waals surface area contributed by atoms with Crippen molar-refractivity contribution in [3.63, 3.8) is 0 Å². The molecule has 7 nitrogen and oxygen atoms in total. The molecule has 1 aromatic heterocycles. The lowest BCUT2D eigenvalue weighted by Crippen LogP contribution is -2.35. The molecule has 0 saturated heterocycles. The summed E-state index contributed by atoms with van der Waals surface area (Å²) in [5.41, 5.74) is 0.326. The number of benzene rings is 2. The zero-order chi connectivity index (χ0) is 23.3. The normalized spacial score (nSPS) is 11.4. The van der Waals surface area contributed by atoms with Crippen molar-refractivity contribution in [3.05, 3.63) is 65.6 Å². The summed E-state index contributed by atoms with van der Waals surface area (Å²) in [6.45, 7) is 3.99. The van der Waals surface area contributed by atoms with Crippen LogP contribution in [0.25, 0.3) is 0 Å². The van der Waals surface area contributed by atoms with Crippen LogP contribution >= 0.6 is 23.2 Å². The van der Waals surface area contributed by atoms with Crippen LogP contribution in [0.15, 0.2) is 59.8 Å². The van der Waals surface area contributed by atoms with Crippen LogP contribution in [0.3, 0.4) is 0 Å². The van der Waals surface area contributed by atoms with E-state index >= 15 is 0 Å². The number of rotatable bonds is 9. The van der Waals surface area contributed by atoms with E-state index in [-0.39, 0.29) is 40.6 Å². The van der Waals surface area contributed by atoms with E-state index in [9.17, 15) is 8.42 Å². The van der Waals surface area contributed by atoms with Crippen molar-refractivity contribution in [1.82, 2.24) is 9.97 Å². The second-order valence-electron chi connectivity index (χ2n) is 7.25. The average Bonchev–Trinajstić information content (AvgIpc) is 2.79. The van der Waals surface area contributed by atoms with E-state index in [1.54, 1.807) is 36.4 Å². The summed E-state index contributed by atoms with van der Waals surface area (Å²) in [7, 11) is -2.43. The monoisotopic (exact) mass is 495 g/mol. The van der Waals surface area contributed by atoms with Gasteiger partial charge in [0.1, 0.15) is 23.5 Å². The topological polar surface area (TPSA) is 81.6 Å². The van der Waals surface area contributed by atoms with Gasteiger partial charge in [0.25, 0.3) is 10.0 Å². The number of aromatic nitrogens is 2. The van der Waals surface area contributed by atoms with Gasteiger partial charge in [-0.15, -0.1) is 11.6 Å². The molecule has 0 amide bonds. The molecule has 0 aliphatic heterocycles. The zero-order valence-electron chi connectivity index (χ0n) is 17.8. The second-order valence-corrected chi connectivity index (χ2v) is 9.78. The van der Waals surface area contributed by atoms with Gasteiger partial charge in [-0.05, 0) is 30.2 Å². The Morgan fingerprint density at radius 3 is 2.44 bits per heavy atom. The minimum absolute atomic E-state index is 0.00355. The summed E-state index contributed by atoms with van der Waals surface area (Å²) in [6, 6.07) is 13.0. The maximum absolute atomic E-state index is 13.6. The van der Waals surface area contributed by atoms with Gasteiger partial charge in [-0.2, -0.15) is 0 Å². The summed E-state index contributed by atoms with van der Waals surface area (Å²) < 4.78 is 39.7. The van der Waals surface area contributed by atoms with Crippen molar-refractivity contribution in [3.8, 4) is 17.2 Å². The second kappa shape index (κ2) is 10.4. The highest BCUT2D eigenvalue weighted by atomic mass is 35.5. The fourth-order valence-corrected chi connectivity index (χ4v) is 4.88. The molecule has 170 valence electrons. The minimum Gasteiger partial charge on any atom is -0.497 e. The molecule has 3 rings (SSSR count). The fourth-order valence-electron chi connectivity index (χ4n) is 2.93. The lowest BCUT2D eigenvalue weighted by atomic mass is 10.2. The smallest absolute Gasteiger partial charge is 0.265 e. The van der Waals surface area contributed by atoms with Crippen molar-refractivity contribution < 1.29 is 17.9 Å². The number of nitrogens with zero attached hydrogens (tertiary/aromatic N) is 3. The highest BCUT2D eigenvalue weighted by molar-refractivity contribution is 7.92. The summed E-state index contributed by atoms with van der Waals surface area (Å²) >= 11 is 12.4. The minimum atomic E-state index is -3.95. The van der Waals surface area contributed by atoms with Gasteiger partial charge in [-0.3, -0.25) is 0 Å². The molecule has 0 bridgehead atoms. The van der Waals surface area contributed by atoms with E-state index in [0.717, 1.165) is 0 Å². The van der Waals surface area contributed by atoms with Crippen molar-refractivity contribution in [1.29, 1.82) is 0 Å². The molecule has 0 N–H and O–H groups in total. The van der Waals surface area contributed by atoms with Crippen molar-refractivity contribution in [2.45, 2.75) is 24.6 Å². The van der Waals surface area contributed by atoms with E-state index in [2.05, 4.69) is 9.97 Å². The lowest BCUT2D eigenvalue weighted by Gasteiger charge is -2.27. The van der Waals surface area contributed by atoms with Crippen LogP contribution in [0.2, 0.25) is 5.02 Å². The van der Waals surface area contributed by atoms with Gasteiger partial charge in [0.05, 0.1) is 22.9 Å². The molecule has 0 atom stereocenters. The third-order valence-corrected chi connectivity index (χ3v) is 6.77. The molecule has 0 spiro atoms. The van der Waals surface area contributed by atoms with Gasteiger partial charge >= 0.3 is 0 Å². The van der Waals surface area contributed by atoms with Crippen LogP contribution in [0.5, 0.6) is 17.2 Å². The van der Waals surface area contributed by atoms with Crippen molar-refractivity contribution >= 4 is 39.0 Å². The Balaban J connectivity index is 2.18. The molecule has 1 heterocycles. The first-order valence-corrected chi connectivity index (χ1v) is 12.1. The summed E-state index contributed by atoms with van der Waals surface area (Å²) in [6.07, 6.45) is 1.26. The number of methoxy groups -OCH3 is 1. The van der Waals surface area contributed by atoms with Gasteiger partial charge < -0.3 is 9.47 Å². The molecular weight excluding hydrogens is 473 g/mol. The lowest BCUT2D eigenvalue weighted by molar-refractivity contribution is 0.408. The summed E-state index contributed by atoms with van der Waals surface area (Å²) in [5.74, 6) is 0.940. The van der Waals surface area contributed by atoms with Gasteiger partial charge in [0.2, 0.25) is 0 Å².